The Hall–Kier alpha value is -1.01. The zero-order valence-electron chi connectivity index (χ0n) is 10.7. The van der Waals surface area contributed by atoms with Crippen LogP contribution in [0.1, 0.15) is 30.9 Å². The minimum atomic E-state index is -0.582. The van der Waals surface area contributed by atoms with Gasteiger partial charge in [-0.05, 0) is 12.5 Å². The second-order valence-electron chi connectivity index (χ2n) is 5.10. The Morgan fingerprint density at radius 2 is 1.95 bits per heavy atom. The first-order chi connectivity index (χ1) is 9.20. The Morgan fingerprint density at radius 1 is 1.21 bits per heavy atom. The van der Waals surface area contributed by atoms with E-state index in [4.69, 9.17) is 9.47 Å². The highest BCUT2D eigenvalue weighted by Gasteiger charge is 2.41. The topological polar surface area (TPSA) is 41.9 Å². The van der Waals surface area contributed by atoms with Gasteiger partial charge in [-0.15, -0.1) is 0 Å². The second-order valence-corrected chi connectivity index (χ2v) is 5.10. The maximum Gasteiger partial charge on any atom is 0.169 e. The molecule has 3 rings (SSSR count). The Kier molecular flexibility index (Phi) is 3.54. The lowest BCUT2D eigenvalue weighted by Crippen LogP contribution is -2.31. The quantitative estimate of drug-likeness (QED) is 0.849. The average Bonchev–Trinajstić information content (AvgIpc) is 2.81. The van der Waals surface area contributed by atoms with Gasteiger partial charge in [-0.2, -0.15) is 5.06 Å². The van der Waals surface area contributed by atoms with Crippen molar-refractivity contribution in [2.45, 2.75) is 31.1 Å². The first-order valence-corrected chi connectivity index (χ1v) is 6.68. The van der Waals surface area contributed by atoms with Gasteiger partial charge in [0.05, 0.1) is 19.3 Å². The van der Waals surface area contributed by atoms with Crippen molar-refractivity contribution in [3.63, 3.8) is 0 Å². The summed E-state index contributed by atoms with van der Waals surface area (Å²) >= 11 is 0. The van der Waals surface area contributed by atoms with E-state index >= 15 is 0 Å². The van der Waals surface area contributed by atoms with E-state index in [1.165, 1.54) is 11.1 Å². The summed E-state index contributed by atoms with van der Waals surface area (Å²) in [5.74, 6) is -0.864. The van der Waals surface area contributed by atoms with Crippen molar-refractivity contribution in [2.24, 2.45) is 0 Å². The molecule has 2 saturated heterocycles. The minimum absolute atomic E-state index is 0.282. The molecule has 1 unspecified atom stereocenters. The molecule has 2 heterocycles. The standard InChI is InChI=1S/C14H18FNO3/c15-12-4-2-1-3-11(12)13-5-6-14(7-8-16(13)17)18-9-10-19-14/h1-4,13,17H,5-10H2. The van der Waals surface area contributed by atoms with Crippen molar-refractivity contribution in [1.82, 2.24) is 5.06 Å². The lowest BCUT2D eigenvalue weighted by molar-refractivity contribution is -0.172. The largest absolute Gasteiger partial charge is 0.347 e. The van der Waals surface area contributed by atoms with Crippen molar-refractivity contribution in [1.29, 1.82) is 0 Å². The van der Waals surface area contributed by atoms with Gasteiger partial charge in [0.1, 0.15) is 5.82 Å². The number of halogens is 1. The van der Waals surface area contributed by atoms with Gasteiger partial charge in [-0.25, -0.2) is 4.39 Å². The number of hydrogen-bond donors (Lipinski definition) is 1. The van der Waals surface area contributed by atoms with E-state index in [9.17, 15) is 9.60 Å². The van der Waals surface area contributed by atoms with Crippen LogP contribution in [-0.2, 0) is 9.47 Å². The summed E-state index contributed by atoms with van der Waals surface area (Å²) in [7, 11) is 0. The number of ether oxygens (including phenoxy) is 2. The SMILES string of the molecule is ON1CCC2(CCC1c1ccccc1F)OCCO2. The molecule has 1 N–H and O–H groups in total. The molecule has 1 aromatic carbocycles. The van der Waals surface area contributed by atoms with E-state index in [0.29, 0.717) is 44.6 Å². The zero-order valence-corrected chi connectivity index (χ0v) is 10.7. The summed E-state index contributed by atoms with van der Waals surface area (Å²) in [4.78, 5) is 0. The van der Waals surface area contributed by atoms with Crippen molar-refractivity contribution in [2.75, 3.05) is 19.8 Å². The van der Waals surface area contributed by atoms with Gasteiger partial charge < -0.3 is 14.7 Å². The van der Waals surface area contributed by atoms with Crippen LogP contribution in [0.2, 0.25) is 0 Å². The van der Waals surface area contributed by atoms with Crippen molar-refractivity contribution < 1.29 is 19.1 Å². The molecule has 0 aliphatic carbocycles. The number of hydrogen-bond acceptors (Lipinski definition) is 4. The maximum absolute atomic E-state index is 13.8. The third-order valence-corrected chi connectivity index (χ3v) is 3.96. The van der Waals surface area contributed by atoms with Crippen LogP contribution in [0.25, 0.3) is 0 Å². The highest BCUT2D eigenvalue weighted by molar-refractivity contribution is 5.21. The second kappa shape index (κ2) is 5.17. The van der Waals surface area contributed by atoms with Crippen LogP contribution in [0.4, 0.5) is 4.39 Å². The molecule has 0 saturated carbocycles. The Morgan fingerprint density at radius 3 is 2.68 bits per heavy atom. The van der Waals surface area contributed by atoms with Crippen LogP contribution in [0.5, 0.6) is 0 Å². The molecule has 5 heteroatoms. The maximum atomic E-state index is 13.8. The predicted molar refractivity (Wildman–Crippen MR) is 66.1 cm³/mol. The fourth-order valence-corrected chi connectivity index (χ4v) is 2.92. The Labute approximate surface area is 111 Å². The summed E-state index contributed by atoms with van der Waals surface area (Å²) in [6.45, 7) is 1.60. The molecule has 2 aliphatic rings. The smallest absolute Gasteiger partial charge is 0.169 e. The number of hydroxylamine groups is 2. The van der Waals surface area contributed by atoms with Crippen LogP contribution in [0.3, 0.4) is 0 Å². The molecule has 0 amide bonds. The number of benzene rings is 1. The molecular formula is C14H18FNO3. The van der Waals surface area contributed by atoms with Crippen molar-refractivity contribution >= 4 is 0 Å². The van der Waals surface area contributed by atoms with E-state index in [0.717, 1.165) is 0 Å². The molecule has 2 aliphatic heterocycles. The minimum Gasteiger partial charge on any atom is -0.347 e. The van der Waals surface area contributed by atoms with Crippen LogP contribution >= 0.6 is 0 Å². The van der Waals surface area contributed by atoms with Gasteiger partial charge in [0.2, 0.25) is 0 Å². The van der Waals surface area contributed by atoms with Gasteiger partial charge in [0.25, 0.3) is 0 Å². The van der Waals surface area contributed by atoms with E-state index in [1.54, 1.807) is 18.2 Å². The molecule has 4 nitrogen and oxygen atoms in total. The summed E-state index contributed by atoms with van der Waals surface area (Å²) in [5, 5.41) is 11.3. The molecule has 0 bridgehead atoms. The fourth-order valence-electron chi connectivity index (χ4n) is 2.92. The van der Waals surface area contributed by atoms with E-state index in [-0.39, 0.29) is 11.9 Å². The summed E-state index contributed by atoms with van der Waals surface area (Å²) in [6.07, 6.45) is 1.88. The number of nitrogens with zero attached hydrogens (tertiary/aromatic N) is 1. The van der Waals surface area contributed by atoms with Gasteiger partial charge >= 0.3 is 0 Å². The Balaban J connectivity index is 1.81. The molecule has 2 fully saturated rings. The highest BCUT2D eigenvalue weighted by Crippen LogP contribution is 2.38. The first-order valence-electron chi connectivity index (χ1n) is 6.68. The monoisotopic (exact) mass is 267 g/mol. The molecule has 1 atom stereocenters. The van der Waals surface area contributed by atoms with Crippen molar-refractivity contribution in [3.05, 3.63) is 35.6 Å². The van der Waals surface area contributed by atoms with Gasteiger partial charge in [0.15, 0.2) is 5.79 Å². The van der Waals surface area contributed by atoms with Crippen LogP contribution < -0.4 is 0 Å². The lowest BCUT2D eigenvalue weighted by Gasteiger charge is -2.25. The predicted octanol–water partition coefficient (Wildman–Crippen LogP) is 2.49. The Bertz CT molecular complexity index is 448. The normalized spacial score (nSPS) is 27.6. The van der Waals surface area contributed by atoms with Gasteiger partial charge in [-0.3, -0.25) is 0 Å². The number of rotatable bonds is 1. The highest BCUT2D eigenvalue weighted by atomic mass is 19.1. The summed E-state index contributed by atoms with van der Waals surface area (Å²) < 4.78 is 25.2. The molecule has 0 radical (unpaired) electrons. The summed E-state index contributed by atoms with van der Waals surface area (Å²) in [5.41, 5.74) is 0.528. The third kappa shape index (κ3) is 2.51. The summed E-state index contributed by atoms with van der Waals surface area (Å²) in [6, 6.07) is 6.25. The lowest BCUT2D eigenvalue weighted by atomic mass is 9.99. The van der Waals surface area contributed by atoms with Crippen LogP contribution in [-0.4, -0.2) is 35.8 Å². The molecule has 104 valence electrons. The van der Waals surface area contributed by atoms with Gasteiger partial charge in [-0.1, -0.05) is 18.2 Å². The van der Waals surface area contributed by atoms with Crippen molar-refractivity contribution in [3.8, 4) is 0 Å². The van der Waals surface area contributed by atoms with Gasteiger partial charge in [0, 0.05) is 24.9 Å². The van der Waals surface area contributed by atoms with E-state index < -0.39 is 5.79 Å². The van der Waals surface area contributed by atoms with Crippen LogP contribution in [0.15, 0.2) is 24.3 Å². The molecule has 1 spiro atoms. The van der Waals surface area contributed by atoms with Crippen LogP contribution in [0, 0.1) is 5.82 Å². The third-order valence-electron chi connectivity index (χ3n) is 3.96. The fraction of sp³-hybridized carbons (Fsp3) is 0.571. The zero-order chi connectivity index (χ0) is 13.3. The first kappa shape index (κ1) is 13.0. The van der Waals surface area contributed by atoms with E-state index in [2.05, 4.69) is 0 Å². The van der Waals surface area contributed by atoms with E-state index in [1.807, 2.05) is 0 Å². The molecule has 19 heavy (non-hydrogen) atoms. The average molecular weight is 267 g/mol. The molecule has 0 aromatic heterocycles. The molecular weight excluding hydrogens is 249 g/mol. The molecule has 1 aromatic rings.